The molecule has 0 saturated carbocycles. The van der Waals surface area contributed by atoms with Gasteiger partial charge in [-0.25, -0.2) is 0 Å². The molecule has 0 aliphatic carbocycles. The molecule has 2 N–H and O–H groups in total. The molecule has 0 amide bonds. The zero-order valence-electron chi connectivity index (χ0n) is 28.6. The summed E-state index contributed by atoms with van der Waals surface area (Å²) in [4.78, 5) is 19.7. The fraction of sp³-hybridized carbons (Fsp3) is 0.306. The molecule has 16 heteroatoms. The molecule has 2 heterocycles. The van der Waals surface area contributed by atoms with Gasteiger partial charge in [-0.05, 0) is 67.9 Å². The van der Waals surface area contributed by atoms with Crippen molar-refractivity contribution in [2.45, 2.75) is 29.3 Å². The van der Waals surface area contributed by atoms with Crippen molar-refractivity contribution in [3.63, 3.8) is 0 Å². The van der Waals surface area contributed by atoms with E-state index in [1.54, 1.807) is 36.4 Å². The average molecular weight is 829 g/mol. The van der Waals surface area contributed by atoms with Gasteiger partial charge in [0.2, 0.25) is 0 Å². The zero-order valence-corrected chi connectivity index (χ0v) is 34.6. The summed E-state index contributed by atoms with van der Waals surface area (Å²) in [6.07, 6.45) is -3.48. The molecule has 4 aromatic rings. The third kappa shape index (κ3) is 11.8. The van der Waals surface area contributed by atoms with Crippen LogP contribution >= 0.6 is 59.8 Å². The number of hydrogen-bond donors (Lipinski definition) is 2. The molecule has 0 atom stereocenters. The van der Waals surface area contributed by atoms with Gasteiger partial charge in [0.15, 0.2) is 0 Å². The number of carbonyl (C=O) groups is 1. The predicted molar refractivity (Wildman–Crippen MR) is 203 cm³/mol. The summed E-state index contributed by atoms with van der Waals surface area (Å²) in [5.74, 6) is -1.26. The van der Waals surface area contributed by atoms with E-state index < -0.39 is 17.7 Å². The second-order valence-corrected chi connectivity index (χ2v) is 13.5. The third-order valence-corrected chi connectivity index (χ3v) is 10.3. The number of hydrogen-bond acceptors (Lipinski definition) is 8. The van der Waals surface area contributed by atoms with Crippen LogP contribution in [0.1, 0.15) is 27.9 Å². The number of para-hydroxylation sites is 2. The second kappa shape index (κ2) is 21.3. The second-order valence-electron chi connectivity index (χ2n) is 11.7. The Morgan fingerprint density at radius 3 is 2.13 bits per heavy atom. The summed E-state index contributed by atoms with van der Waals surface area (Å²) < 4.78 is 39.9. The summed E-state index contributed by atoms with van der Waals surface area (Å²) in [6, 6.07) is 21.9. The molecule has 2 aliphatic rings. The number of alkyl halides is 3. The Bertz CT molecular complexity index is 1790. The minimum absolute atomic E-state index is 0. The SMILES string of the molecule is Cc1ccc(Cl)c(Nc2ccccc2C(=O)[O-])c1Cl.Cl.Cl.OCCN1CCN(CCCN2c3ccccc3Sc3ccc(C(F)(F)F)cc32)CC1.[Na+]. The zero-order chi connectivity index (χ0) is 35.1. The molecule has 0 bridgehead atoms. The van der Waals surface area contributed by atoms with E-state index in [0.717, 1.165) is 60.2 Å². The summed E-state index contributed by atoms with van der Waals surface area (Å²) in [5, 5.41) is 23.9. The molecule has 1 saturated heterocycles. The molecular formula is C36H38Cl4F3N4NaO3S. The molecular weight excluding hydrogens is 790 g/mol. The summed E-state index contributed by atoms with van der Waals surface area (Å²) in [5.41, 5.74) is 2.78. The number of carboxylic acids is 1. The number of aryl methyl sites for hydroxylation is 1. The smallest absolute Gasteiger partial charge is 0.545 e. The Balaban J connectivity index is 0.000000372. The van der Waals surface area contributed by atoms with Crippen molar-refractivity contribution >= 4 is 88.5 Å². The van der Waals surface area contributed by atoms with Gasteiger partial charge in [0.05, 0.1) is 45.2 Å². The number of aliphatic hydroxyl groups is 1. The number of anilines is 4. The molecule has 1 fully saturated rings. The van der Waals surface area contributed by atoms with Crippen LogP contribution in [0.5, 0.6) is 0 Å². The first-order valence-corrected chi connectivity index (χ1v) is 17.4. The van der Waals surface area contributed by atoms with Crippen LogP contribution in [0, 0.1) is 6.92 Å². The average Bonchev–Trinajstić information content (AvgIpc) is 3.09. The summed E-state index contributed by atoms with van der Waals surface area (Å²) in [6.45, 7) is 8.13. The van der Waals surface area contributed by atoms with Crippen molar-refractivity contribution in [3.8, 4) is 0 Å². The van der Waals surface area contributed by atoms with Gasteiger partial charge in [0, 0.05) is 60.3 Å². The monoisotopic (exact) mass is 826 g/mol. The minimum Gasteiger partial charge on any atom is -0.545 e. The van der Waals surface area contributed by atoms with Crippen LogP contribution in [0.4, 0.5) is 35.9 Å². The molecule has 52 heavy (non-hydrogen) atoms. The number of piperazine rings is 1. The standard InChI is InChI=1S/C22H26F3N3OS.C14H11Cl2NO2.2ClH.Na/c23-22(24,25)17-6-7-21-19(16-17)28(18-4-1-2-5-20(18)30-21)9-3-8-26-10-12-27(13-11-26)14-15-29;1-8-6-7-10(15)13(12(8)16)17-11-5-3-2-4-9(11)14(18)19;;;/h1-2,4-7,16,29H,3,8-15H2;2-7,17H,1H3,(H,18,19);2*1H;/q;;;;+1/p-1. The van der Waals surface area contributed by atoms with Gasteiger partial charge in [-0.1, -0.05) is 71.4 Å². The maximum atomic E-state index is 13.3. The molecule has 7 nitrogen and oxygen atoms in total. The number of aliphatic hydroxyl groups excluding tert-OH is 1. The van der Waals surface area contributed by atoms with Crippen LogP contribution in [0.2, 0.25) is 10.0 Å². The molecule has 276 valence electrons. The Morgan fingerprint density at radius 2 is 1.48 bits per heavy atom. The van der Waals surface area contributed by atoms with Gasteiger partial charge in [-0.15, -0.1) is 24.8 Å². The van der Waals surface area contributed by atoms with E-state index in [9.17, 15) is 23.1 Å². The third-order valence-electron chi connectivity index (χ3n) is 8.38. The Labute approximate surface area is 351 Å². The van der Waals surface area contributed by atoms with Crippen molar-refractivity contribution in [3.05, 3.63) is 106 Å². The Kier molecular flexibility index (Phi) is 18.9. The van der Waals surface area contributed by atoms with E-state index in [1.165, 1.54) is 30.0 Å². The number of carboxylic acid groups (broad SMARTS) is 1. The van der Waals surface area contributed by atoms with E-state index in [4.69, 9.17) is 28.3 Å². The van der Waals surface area contributed by atoms with Crippen LogP contribution in [0.3, 0.4) is 0 Å². The first-order valence-electron chi connectivity index (χ1n) is 15.8. The fourth-order valence-corrected chi connectivity index (χ4v) is 7.29. The fourth-order valence-electron chi connectivity index (χ4n) is 5.75. The first kappa shape index (κ1) is 46.3. The number of carbonyl (C=O) groups excluding carboxylic acids is 1. The largest absolute Gasteiger partial charge is 1.00 e. The molecule has 0 aromatic heterocycles. The number of fused-ring (bicyclic) bond motifs is 2. The Morgan fingerprint density at radius 1 is 0.865 bits per heavy atom. The molecule has 2 aliphatic heterocycles. The number of nitrogens with zero attached hydrogens (tertiary/aromatic N) is 3. The van der Waals surface area contributed by atoms with Gasteiger partial charge >= 0.3 is 35.7 Å². The molecule has 0 unspecified atom stereocenters. The normalized spacial score (nSPS) is 13.9. The van der Waals surface area contributed by atoms with Gasteiger partial charge in [0.1, 0.15) is 0 Å². The Hall–Kier alpha value is -1.87. The summed E-state index contributed by atoms with van der Waals surface area (Å²) in [7, 11) is 0. The molecule has 0 spiro atoms. The van der Waals surface area contributed by atoms with Crippen LogP contribution in [0.15, 0.2) is 88.7 Å². The maximum Gasteiger partial charge on any atom is 1.00 e. The first-order chi connectivity index (χ1) is 23.5. The van der Waals surface area contributed by atoms with Gasteiger partial charge in [-0.3, -0.25) is 4.90 Å². The van der Waals surface area contributed by atoms with Crippen molar-refractivity contribution in [2.24, 2.45) is 0 Å². The minimum atomic E-state index is -4.35. The molecule has 0 radical (unpaired) electrons. The van der Waals surface area contributed by atoms with E-state index in [2.05, 4.69) is 15.1 Å². The van der Waals surface area contributed by atoms with Crippen molar-refractivity contribution < 1.29 is 57.7 Å². The number of benzene rings is 4. The number of aromatic carboxylic acids is 1. The predicted octanol–water partition coefficient (Wildman–Crippen LogP) is 5.56. The topological polar surface area (TPSA) is 82.1 Å². The van der Waals surface area contributed by atoms with E-state index in [0.29, 0.717) is 40.2 Å². The van der Waals surface area contributed by atoms with Crippen molar-refractivity contribution in [2.75, 3.05) is 62.6 Å². The number of β-amino-alcohol motifs (C(OH)–C–C–N with tert-alkyl or cyclic N) is 1. The van der Waals surface area contributed by atoms with Gasteiger partial charge < -0.3 is 30.1 Å². The van der Waals surface area contributed by atoms with Crippen LogP contribution in [0.25, 0.3) is 0 Å². The van der Waals surface area contributed by atoms with E-state index >= 15 is 0 Å². The number of rotatable bonds is 9. The van der Waals surface area contributed by atoms with E-state index in [-0.39, 0.29) is 66.5 Å². The van der Waals surface area contributed by atoms with Crippen molar-refractivity contribution in [1.29, 1.82) is 0 Å². The van der Waals surface area contributed by atoms with Crippen LogP contribution in [-0.4, -0.2) is 73.3 Å². The van der Waals surface area contributed by atoms with Crippen LogP contribution < -0.4 is 44.9 Å². The van der Waals surface area contributed by atoms with E-state index in [1.807, 2.05) is 36.1 Å². The maximum absolute atomic E-state index is 13.3. The van der Waals surface area contributed by atoms with Gasteiger partial charge in [0.25, 0.3) is 0 Å². The quantitative estimate of drug-likeness (QED) is 0.213. The molecule has 4 aromatic carbocycles. The number of nitrogens with one attached hydrogen (secondary N) is 1. The summed E-state index contributed by atoms with van der Waals surface area (Å²) >= 11 is 13.8. The van der Waals surface area contributed by atoms with Gasteiger partial charge in [-0.2, -0.15) is 13.2 Å². The van der Waals surface area contributed by atoms with Crippen molar-refractivity contribution in [1.82, 2.24) is 9.80 Å². The number of halogens is 7. The molecule has 6 rings (SSSR count). The van der Waals surface area contributed by atoms with Crippen LogP contribution in [-0.2, 0) is 6.18 Å².